The Morgan fingerprint density at radius 2 is 1.76 bits per heavy atom. The molecule has 0 spiro atoms. The first-order chi connectivity index (χ1) is 9.72. The predicted octanol–water partition coefficient (Wildman–Crippen LogP) is 3.06. The van der Waals surface area contributed by atoms with Crippen molar-refractivity contribution in [2.75, 3.05) is 6.54 Å². The lowest BCUT2D eigenvalue weighted by Gasteiger charge is -2.46. The van der Waals surface area contributed by atoms with E-state index >= 15 is 0 Å². The summed E-state index contributed by atoms with van der Waals surface area (Å²) in [6.45, 7) is 10.9. The third-order valence-electron chi connectivity index (χ3n) is 3.94. The molecule has 1 aliphatic rings. The molecular weight excluding hydrogens is 264 g/mol. The zero-order valence-electron chi connectivity index (χ0n) is 13.6. The van der Waals surface area contributed by atoms with Crippen molar-refractivity contribution in [2.24, 2.45) is 0 Å². The van der Waals surface area contributed by atoms with Crippen LogP contribution < -0.4 is 5.32 Å². The molecular formula is C17H26N2O2. The second-order valence-electron chi connectivity index (χ2n) is 7.03. The van der Waals surface area contributed by atoms with E-state index in [0.29, 0.717) is 13.0 Å². The molecule has 1 aromatic carbocycles. The molecule has 0 aliphatic carbocycles. The van der Waals surface area contributed by atoms with Crippen molar-refractivity contribution in [3.8, 4) is 0 Å². The Balaban J connectivity index is 2.24. The summed E-state index contributed by atoms with van der Waals surface area (Å²) in [6, 6.07) is 10.1. The van der Waals surface area contributed by atoms with Crippen LogP contribution in [0.5, 0.6) is 0 Å². The number of carbonyl (C=O) groups is 1. The summed E-state index contributed by atoms with van der Waals surface area (Å²) in [7, 11) is 0. The molecule has 1 aromatic rings. The van der Waals surface area contributed by atoms with Gasteiger partial charge in [0.05, 0.1) is 11.1 Å². The summed E-state index contributed by atoms with van der Waals surface area (Å²) in [4.78, 5) is 18.2. The minimum Gasteiger partial charge on any atom is -0.354 e. The number of hydrogen-bond donors (Lipinski definition) is 1. The number of nitrogens with zero attached hydrogens (tertiary/aromatic N) is 1. The summed E-state index contributed by atoms with van der Waals surface area (Å²) in [5.41, 5.74) is 0.513. The molecule has 2 rings (SSSR count). The van der Waals surface area contributed by atoms with Gasteiger partial charge in [0.25, 0.3) is 0 Å². The molecule has 1 unspecified atom stereocenters. The number of carbonyl (C=O) groups excluding carboxylic acids is 1. The standard InChI is InChI=1S/C17H26N2O2/c1-13(14-9-7-6-8-10-14)21-19-16(2,3)11-15(20)18-12-17(19,4)5/h6-10,13H,11-12H2,1-5H3,(H,18,20). The summed E-state index contributed by atoms with van der Waals surface area (Å²) >= 11 is 0. The molecule has 21 heavy (non-hydrogen) atoms. The van der Waals surface area contributed by atoms with E-state index in [9.17, 15) is 4.79 Å². The van der Waals surface area contributed by atoms with Crippen LogP contribution >= 0.6 is 0 Å². The van der Waals surface area contributed by atoms with Gasteiger partial charge in [-0.25, -0.2) is 0 Å². The van der Waals surface area contributed by atoms with Crippen LogP contribution in [-0.4, -0.2) is 28.6 Å². The van der Waals surface area contributed by atoms with Gasteiger partial charge in [0, 0.05) is 13.0 Å². The molecule has 116 valence electrons. The van der Waals surface area contributed by atoms with Gasteiger partial charge in [0.2, 0.25) is 5.91 Å². The topological polar surface area (TPSA) is 41.6 Å². The predicted molar refractivity (Wildman–Crippen MR) is 83.6 cm³/mol. The van der Waals surface area contributed by atoms with E-state index in [-0.39, 0.29) is 23.1 Å². The minimum atomic E-state index is -0.354. The number of hydroxylamine groups is 2. The van der Waals surface area contributed by atoms with Gasteiger partial charge in [-0.2, -0.15) is 5.06 Å². The van der Waals surface area contributed by atoms with Crippen LogP contribution in [0.4, 0.5) is 0 Å². The Labute approximate surface area is 127 Å². The van der Waals surface area contributed by atoms with Crippen molar-refractivity contribution in [1.29, 1.82) is 0 Å². The number of nitrogens with one attached hydrogen (secondary N) is 1. The fourth-order valence-corrected chi connectivity index (χ4v) is 2.96. The quantitative estimate of drug-likeness (QED) is 0.930. The highest BCUT2D eigenvalue weighted by atomic mass is 16.7. The van der Waals surface area contributed by atoms with Crippen molar-refractivity contribution in [3.63, 3.8) is 0 Å². The fourth-order valence-electron chi connectivity index (χ4n) is 2.96. The van der Waals surface area contributed by atoms with Crippen LogP contribution in [0, 0.1) is 0 Å². The van der Waals surface area contributed by atoms with Crippen molar-refractivity contribution in [2.45, 2.75) is 58.2 Å². The Hall–Kier alpha value is -1.39. The largest absolute Gasteiger partial charge is 0.354 e. The number of hydrogen-bond acceptors (Lipinski definition) is 3. The highest BCUT2D eigenvalue weighted by molar-refractivity contribution is 5.77. The van der Waals surface area contributed by atoms with Crippen molar-refractivity contribution >= 4 is 5.91 Å². The maximum Gasteiger partial charge on any atom is 0.221 e. The highest BCUT2D eigenvalue weighted by Gasteiger charge is 2.44. The molecule has 1 saturated heterocycles. The summed E-state index contributed by atoms with van der Waals surface area (Å²) in [6.07, 6.45) is 0.371. The first-order valence-electron chi connectivity index (χ1n) is 7.51. The molecule has 0 radical (unpaired) electrons. The van der Waals surface area contributed by atoms with Crippen LogP contribution in [0.15, 0.2) is 30.3 Å². The smallest absolute Gasteiger partial charge is 0.221 e. The Morgan fingerprint density at radius 1 is 1.14 bits per heavy atom. The van der Waals surface area contributed by atoms with Crippen LogP contribution in [0.2, 0.25) is 0 Å². The summed E-state index contributed by atoms with van der Waals surface area (Å²) in [5.74, 6) is 0.0755. The molecule has 1 aliphatic heterocycles. The molecule has 1 amide bonds. The summed E-state index contributed by atoms with van der Waals surface area (Å²) < 4.78 is 0. The van der Waals surface area contributed by atoms with E-state index in [1.165, 1.54) is 0 Å². The normalized spacial score (nSPS) is 23.2. The van der Waals surface area contributed by atoms with Gasteiger partial charge in [-0.1, -0.05) is 30.3 Å². The maximum absolute atomic E-state index is 11.9. The van der Waals surface area contributed by atoms with Crippen molar-refractivity contribution in [1.82, 2.24) is 10.4 Å². The van der Waals surface area contributed by atoms with Crippen LogP contribution in [0.1, 0.15) is 52.7 Å². The number of rotatable bonds is 3. The van der Waals surface area contributed by atoms with Crippen LogP contribution in [-0.2, 0) is 9.63 Å². The summed E-state index contributed by atoms with van der Waals surface area (Å²) in [5, 5.41) is 4.97. The van der Waals surface area contributed by atoms with E-state index < -0.39 is 0 Å². The number of amides is 1. The van der Waals surface area contributed by atoms with Crippen LogP contribution in [0.3, 0.4) is 0 Å². The molecule has 1 fully saturated rings. The molecule has 1 heterocycles. The molecule has 4 nitrogen and oxygen atoms in total. The SMILES string of the molecule is CC(ON1C(C)(C)CNC(=O)CC1(C)C)c1ccccc1. The second-order valence-corrected chi connectivity index (χ2v) is 7.03. The van der Waals surface area contributed by atoms with Gasteiger partial charge in [0.1, 0.15) is 6.10 Å². The molecule has 1 atom stereocenters. The molecule has 4 heteroatoms. The Morgan fingerprint density at radius 3 is 2.38 bits per heavy atom. The molecule has 1 N–H and O–H groups in total. The zero-order chi connectivity index (χ0) is 15.7. The highest BCUT2D eigenvalue weighted by Crippen LogP contribution is 2.33. The van der Waals surface area contributed by atoms with Gasteiger partial charge in [-0.15, -0.1) is 0 Å². The monoisotopic (exact) mass is 290 g/mol. The average Bonchev–Trinajstić information content (AvgIpc) is 2.49. The maximum atomic E-state index is 11.9. The lowest BCUT2D eigenvalue weighted by Crippen LogP contribution is -2.56. The van der Waals surface area contributed by atoms with Gasteiger partial charge in [-0.3, -0.25) is 9.63 Å². The van der Waals surface area contributed by atoms with E-state index in [1.807, 2.05) is 30.2 Å². The number of benzene rings is 1. The minimum absolute atomic E-state index is 0.0575. The van der Waals surface area contributed by atoms with Crippen molar-refractivity contribution in [3.05, 3.63) is 35.9 Å². The molecule has 0 aromatic heterocycles. The molecule has 0 saturated carbocycles. The zero-order valence-corrected chi connectivity index (χ0v) is 13.6. The van der Waals surface area contributed by atoms with E-state index in [1.54, 1.807) is 0 Å². The lowest BCUT2D eigenvalue weighted by molar-refractivity contribution is -0.286. The third kappa shape index (κ3) is 3.63. The first kappa shape index (κ1) is 16.0. The van der Waals surface area contributed by atoms with Gasteiger partial charge >= 0.3 is 0 Å². The average molecular weight is 290 g/mol. The Bertz CT molecular complexity index is 497. The van der Waals surface area contributed by atoms with Gasteiger partial charge in [-0.05, 0) is 40.2 Å². The van der Waals surface area contributed by atoms with Crippen molar-refractivity contribution < 1.29 is 9.63 Å². The van der Waals surface area contributed by atoms with E-state index in [0.717, 1.165) is 5.56 Å². The fraction of sp³-hybridized carbons (Fsp3) is 0.588. The second kappa shape index (κ2) is 5.78. The van der Waals surface area contributed by atoms with E-state index in [4.69, 9.17) is 4.84 Å². The van der Waals surface area contributed by atoms with E-state index in [2.05, 4.69) is 45.1 Å². The molecule has 0 bridgehead atoms. The lowest BCUT2D eigenvalue weighted by atomic mass is 9.95. The third-order valence-corrected chi connectivity index (χ3v) is 3.94. The van der Waals surface area contributed by atoms with Crippen LogP contribution in [0.25, 0.3) is 0 Å². The van der Waals surface area contributed by atoms with Gasteiger partial charge in [0.15, 0.2) is 0 Å². The Kier molecular flexibility index (Phi) is 4.40. The first-order valence-corrected chi connectivity index (χ1v) is 7.51. The van der Waals surface area contributed by atoms with Gasteiger partial charge < -0.3 is 5.32 Å².